The molecule has 4 nitrogen and oxygen atoms in total. The largest absolute Gasteiger partial charge is 0.481 e. The first-order chi connectivity index (χ1) is 8.86. The van der Waals surface area contributed by atoms with E-state index in [0.717, 1.165) is 19.4 Å². The molecule has 0 saturated heterocycles. The lowest BCUT2D eigenvalue weighted by atomic mass is 9.79. The van der Waals surface area contributed by atoms with Crippen molar-refractivity contribution in [2.75, 3.05) is 6.54 Å². The average molecular weight is 269 g/mol. The zero-order chi connectivity index (χ0) is 14.6. The molecular weight excluding hydrogens is 242 g/mol. The number of carboxylic acid groups (broad SMARTS) is 1. The van der Waals surface area contributed by atoms with E-state index in [-0.39, 0.29) is 12.3 Å². The summed E-state index contributed by atoms with van der Waals surface area (Å²) in [7, 11) is 0. The fourth-order valence-corrected chi connectivity index (χ4v) is 2.50. The van der Waals surface area contributed by atoms with E-state index in [4.69, 9.17) is 0 Å². The summed E-state index contributed by atoms with van der Waals surface area (Å²) in [6.07, 6.45) is 3.28. The van der Waals surface area contributed by atoms with Crippen LogP contribution in [0.15, 0.2) is 0 Å². The Morgan fingerprint density at radius 2 is 1.79 bits per heavy atom. The molecule has 1 rings (SSSR count). The Labute approximate surface area is 116 Å². The monoisotopic (exact) mass is 269 g/mol. The van der Waals surface area contributed by atoms with Crippen LogP contribution in [-0.2, 0) is 9.59 Å². The van der Waals surface area contributed by atoms with Crippen LogP contribution in [-0.4, -0.2) is 34.5 Å². The van der Waals surface area contributed by atoms with Crippen LogP contribution in [0.25, 0.3) is 0 Å². The van der Waals surface area contributed by atoms with Gasteiger partial charge >= 0.3 is 5.97 Å². The van der Waals surface area contributed by atoms with Crippen molar-refractivity contribution in [2.24, 2.45) is 11.3 Å². The number of carbonyl (C=O) groups is 2. The van der Waals surface area contributed by atoms with Gasteiger partial charge in [-0.1, -0.05) is 27.7 Å². The van der Waals surface area contributed by atoms with Crippen LogP contribution in [0.3, 0.4) is 0 Å². The van der Waals surface area contributed by atoms with Gasteiger partial charge in [0.05, 0.1) is 5.41 Å². The van der Waals surface area contributed by atoms with Gasteiger partial charge in [-0.2, -0.15) is 0 Å². The molecule has 1 aliphatic carbocycles. The molecule has 19 heavy (non-hydrogen) atoms. The zero-order valence-corrected chi connectivity index (χ0v) is 12.6. The van der Waals surface area contributed by atoms with Gasteiger partial charge in [0.25, 0.3) is 0 Å². The van der Waals surface area contributed by atoms with Crippen LogP contribution in [0.4, 0.5) is 0 Å². The summed E-state index contributed by atoms with van der Waals surface area (Å²) < 4.78 is 0. The quantitative estimate of drug-likeness (QED) is 0.737. The minimum absolute atomic E-state index is 0.0160. The number of aliphatic carboxylic acids is 1. The molecule has 1 amide bonds. The first-order valence-corrected chi connectivity index (χ1v) is 7.39. The van der Waals surface area contributed by atoms with Crippen LogP contribution in [0, 0.1) is 11.3 Å². The van der Waals surface area contributed by atoms with Crippen LogP contribution < -0.4 is 0 Å². The molecule has 1 saturated carbocycles. The first-order valence-electron chi connectivity index (χ1n) is 7.39. The van der Waals surface area contributed by atoms with E-state index in [1.807, 2.05) is 18.7 Å². The molecular formula is C15H27NO3. The van der Waals surface area contributed by atoms with Gasteiger partial charge in [-0.15, -0.1) is 0 Å². The van der Waals surface area contributed by atoms with Crippen LogP contribution in [0.5, 0.6) is 0 Å². The predicted octanol–water partition coefficient (Wildman–Crippen LogP) is 2.91. The molecule has 1 aliphatic rings. The highest BCUT2D eigenvalue weighted by Crippen LogP contribution is 2.35. The van der Waals surface area contributed by atoms with Crippen molar-refractivity contribution >= 4 is 11.9 Å². The van der Waals surface area contributed by atoms with E-state index in [9.17, 15) is 14.7 Å². The smallest absolute Gasteiger partial charge is 0.310 e. The number of nitrogens with zero attached hydrogens (tertiary/aromatic N) is 1. The van der Waals surface area contributed by atoms with Gasteiger partial charge in [-0.05, 0) is 31.6 Å². The average Bonchev–Trinajstić information content (AvgIpc) is 3.16. The summed E-state index contributed by atoms with van der Waals surface area (Å²) in [6, 6.07) is 0.357. The van der Waals surface area contributed by atoms with Gasteiger partial charge in [0.15, 0.2) is 0 Å². The molecule has 0 aromatic heterocycles. The van der Waals surface area contributed by atoms with Gasteiger partial charge in [0.1, 0.15) is 0 Å². The van der Waals surface area contributed by atoms with Crippen LogP contribution in [0.2, 0.25) is 0 Å². The number of carboxylic acids is 1. The standard InChI is InChI=1S/C15H27NO3/c1-5-15(6-2,14(18)19)9-13(17)16(10-11(3)4)12-7-8-12/h11-12H,5-10H2,1-4H3,(H,18,19). The molecule has 0 atom stereocenters. The first kappa shape index (κ1) is 16.0. The number of carbonyl (C=O) groups excluding carboxylic acids is 1. The Kier molecular flexibility index (Phi) is 5.39. The Morgan fingerprint density at radius 1 is 1.26 bits per heavy atom. The second-order valence-electron chi connectivity index (χ2n) is 6.14. The van der Waals surface area contributed by atoms with Gasteiger partial charge in [0.2, 0.25) is 5.91 Å². The highest BCUT2D eigenvalue weighted by Gasteiger charge is 2.41. The predicted molar refractivity (Wildman–Crippen MR) is 74.8 cm³/mol. The van der Waals surface area contributed by atoms with Gasteiger partial charge in [0, 0.05) is 19.0 Å². The molecule has 0 unspecified atom stereocenters. The molecule has 0 bridgehead atoms. The summed E-state index contributed by atoms with van der Waals surface area (Å²) in [5.41, 5.74) is -0.888. The van der Waals surface area contributed by atoms with Crippen molar-refractivity contribution in [3.8, 4) is 0 Å². The fourth-order valence-electron chi connectivity index (χ4n) is 2.50. The number of hydrogen-bond donors (Lipinski definition) is 1. The van der Waals surface area contributed by atoms with Crippen molar-refractivity contribution < 1.29 is 14.7 Å². The lowest BCUT2D eigenvalue weighted by Gasteiger charge is -2.31. The molecule has 0 spiro atoms. The topological polar surface area (TPSA) is 57.6 Å². The number of rotatable bonds is 8. The third-order valence-electron chi connectivity index (χ3n) is 4.17. The number of hydrogen-bond acceptors (Lipinski definition) is 2. The minimum atomic E-state index is -0.888. The Morgan fingerprint density at radius 3 is 2.11 bits per heavy atom. The second-order valence-corrected chi connectivity index (χ2v) is 6.14. The zero-order valence-electron chi connectivity index (χ0n) is 12.6. The van der Waals surface area contributed by atoms with E-state index < -0.39 is 11.4 Å². The summed E-state index contributed by atoms with van der Waals surface area (Å²) in [5.74, 6) is -0.402. The summed E-state index contributed by atoms with van der Waals surface area (Å²) >= 11 is 0. The fraction of sp³-hybridized carbons (Fsp3) is 0.867. The van der Waals surface area contributed by atoms with Crippen molar-refractivity contribution in [2.45, 2.75) is 65.8 Å². The van der Waals surface area contributed by atoms with E-state index in [2.05, 4.69) is 13.8 Å². The summed E-state index contributed by atoms with van der Waals surface area (Å²) in [6.45, 7) is 8.63. The maximum atomic E-state index is 12.5. The van der Waals surface area contributed by atoms with Crippen molar-refractivity contribution in [1.29, 1.82) is 0 Å². The molecule has 1 N–H and O–H groups in total. The van der Waals surface area contributed by atoms with Gasteiger partial charge in [-0.3, -0.25) is 9.59 Å². The number of amides is 1. The van der Waals surface area contributed by atoms with Crippen LogP contribution in [0.1, 0.15) is 59.8 Å². The molecule has 110 valence electrons. The second kappa shape index (κ2) is 6.40. The summed E-state index contributed by atoms with van der Waals surface area (Å²) in [4.78, 5) is 25.8. The van der Waals surface area contributed by atoms with Gasteiger partial charge in [-0.25, -0.2) is 0 Å². The van der Waals surface area contributed by atoms with Gasteiger partial charge < -0.3 is 10.0 Å². The molecule has 4 heteroatoms. The van der Waals surface area contributed by atoms with Crippen molar-refractivity contribution in [3.63, 3.8) is 0 Å². The van der Waals surface area contributed by atoms with E-state index in [1.54, 1.807) is 0 Å². The van der Waals surface area contributed by atoms with E-state index in [0.29, 0.717) is 24.8 Å². The highest BCUT2D eigenvalue weighted by molar-refractivity contribution is 5.85. The maximum absolute atomic E-state index is 12.5. The highest BCUT2D eigenvalue weighted by atomic mass is 16.4. The normalized spacial score (nSPS) is 15.6. The third kappa shape index (κ3) is 3.95. The molecule has 0 aromatic carbocycles. The molecule has 0 heterocycles. The Bertz CT molecular complexity index is 330. The van der Waals surface area contributed by atoms with E-state index >= 15 is 0 Å². The maximum Gasteiger partial charge on any atom is 0.310 e. The summed E-state index contributed by atoms with van der Waals surface area (Å²) in [5, 5.41) is 9.42. The van der Waals surface area contributed by atoms with Crippen molar-refractivity contribution in [1.82, 2.24) is 4.90 Å². The SMILES string of the molecule is CCC(CC)(CC(=O)N(CC(C)C)C1CC1)C(=O)O. The van der Waals surface area contributed by atoms with Crippen molar-refractivity contribution in [3.05, 3.63) is 0 Å². The molecule has 1 fully saturated rings. The third-order valence-corrected chi connectivity index (χ3v) is 4.17. The van der Waals surface area contributed by atoms with E-state index in [1.165, 1.54) is 0 Å². The lowest BCUT2D eigenvalue weighted by molar-refractivity contribution is -0.154. The minimum Gasteiger partial charge on any atom is -0.481 e. The Hall–Kier alpha value is -1.06. The lowest BCUT2D eigenvalue weighted by Crippen LogP contribution is -2.41. The molecule has 0 aliphatic heterocycles. The molecule has 0 aromatic rings. The molecule has 0 radical (unpaired) electrons. The van der Waals surface area contributed by atoms with Crippen LogP contribution >= 0.6 is 0 Å². The Balaban J connectivity index is 2.76.